The standard InChI is InChI=1S/C14H14O7/c1-18-10-3-5-11(6-4-10)21-14(17)9-20-13(16)8-7-12(15)19-2/h3-8H,9H2,1-2H3/b8-7-. The van der Waals surface area contributed by atoms with E-state index in [2.05, 4.69) is 9.47 Å². The molecule has 0 saturated carbocycles. The van der Waals surface area contributed by atoms with Crippen LogP contribution in [0.4, 0.5) is 0 Å². The summed E-state index contributed by atoms with van der Waals surface area (Å²) in [6.07, 6.45) is 1.74. The largest absolute Gasteiger partial charge is 0.497 e. The van der Waals surface area contributed by atoms with Crippen molar-refractivity contribution in [1.29, 1.82) is 0 Å². The minimum absolute atomic E-state index is 0.293. The number of esters is 3. The molecule has 0 N–H and O–H groups in total. The molecule has 0 fully saturated rings. The first-order valence-electron chi connectivity index (χ1n) is 5.82. The molecule has 0 radical (unpaired) electrons. The summed E-state index contributed by atoms with van der Waals surface area (Å²) in [5, 5.41) is 0. The molecule has 21 heavy (non-hydrogen) atoms. The van der Waals surface area contributed by atoms with E-state index >= 15 is 0 Å². The van der Waals surface area contributed by atoms with E-state index in [-0.39, 0.29) is 0 Å². The van der Waals surface area contributed by atoms with Crippen LogP contribution >= 0.6 is 0 Å². The Morgan fingerprint density at radius 2 is 1.52 bits per heavy atom. The third-order valence-corrected chi connectivity index (χ3v) is 2.18. The van der Waals surface area contributed by atoms with Crippen LogP contribution in [0.25, 0.3) is 0 Å². The van der Waals surface area contributed by atoms with Crippen molar-refractivity contribution in [3.63, 3.8) is 0 Å². The van der Waals surface area contributed by atoms with Crippen LogP contribution in [0.15, 0.2) is 36.4 Å². The SMILES string of the molecule is COC(=O)/C=C\C(=O)OCC(=O)Oc1ccc(OC)cc1. The molecule has 0 spiro atoms. The highest BCUT2D eigenvalue weighted by molar-refractivity contribution is 5.92. The fourth-order valence-electron chi connectivity index (χ4n) is 1.19. The molecule has 0 atom stereocenters. The van der Waals surface area contributed by atoms with Gasteiger partial charge in [-0.25, -0.2) is 14.4 Å². The number of carbonyl (C=O) groups excluding carboxylic acids is 3. The van der Waals surface area contributed by atoms with Crippen molar-refractivity contribution in [2.24, 2.45) is 0 Å². The van der Waals surface area contributed by atoms with Gasteiger partial charge in [0.2, 0.25) is 0 Å². The average molecular weight is 294 g/mol. The smallest absolute Gasteiger partial charge is 0.349 e. The maximum atomic E-state index is 11.4. The lowest BCUT2D eigenvalue weighted by atomic mass is 10.3. The second kappa shape index (κ2) is 8.36. The molecule has 0 unspecified atom stereocenters. The highest BCUT2D eigenvalue weighted by Crippen LogP contribution is 2.16. The number of carbonyl (C=O) groups is 3. The maximum absolute atomic E-state index is 11.4. The van der Waals surface area contributed by atoms with Gasteiger partial charge in [-0.2, -0.15) is 0 Å². The van der Waals surface area contributed by atoms with Crippen LogP contribution in [0.1, 0.15) is 0 Å². The summed E-state index contributed by atoms with van der Waals surface area (Å²) in [6, 6.07) is 6.31. The Bertz CT molecular complexity index is 531. The Kier molecular flexibility index (Phi) is 6.46. The molecule has 7 nitrogen and oxygen atoms in total. The van der Waals surface area contributed by atoms with Crippen LogP contribution in [0.2, 0.25) is 0 Å². The van der Waals surface area contributed by atoms with E-state index < -0.39 is 24.5 Å². The Morgan fingerprint density at radius 1 is 0.952 bits per heavy atom. The second-order valence-corrected chi connectivity index (χ2v) is 3.61. The zero-order valence-electron chi connectivity index (χ0n) is 11.5. The van der Waals surface area contributed by atoms with E-state index in [1.54, 1.807) is 12.1 Å². The molecule has 0 aliphatic heterocycles. The molecule has 0 amide bonds. The molecule has 0 heterocycles. The zero-order chi connectivity index (χ0) is 15.7. The molecular weight excluding hydrogens is 280 g/mol. The van der Waals surface area contributed by atoms with E-state index in [0.717, 1.165) is 12.2 Å². The van der Waals surface area contributed by atoms with Gasteiger partial charge in [-0.05, 0) is 24.3 Å². The maximum Gasteiger partial charge on any atom is 0.349 e. The van der Waals surface area contributed by atoms with Gasteiger partial charge in [-0.15, -0.1) is 0 Å². The lowest BCUT2D eigenvalue weighted by Crippen LogP contribution is -2.18. The molecule has 1 aromatic carbocycles. The van der Waals surface area contributed by atoms with Gasteiger partial charge in [0, 0.05) is 12.2 Å². The first-order valence-corrected chi connectivity index (χ1v) is 5.82. The van der Waals surface area contributed by atoms with Gasteiger partial charge in [0.1, 0.15) is 11.5 Å². The van der Waals surface area contributed by atoms with Crippen molar-refractivity contribution in [3.05, 3.63) is 36.4 Å². The number of hydrogen-bond acceptors (Lipinski definition) is 7. The molecule has 0 aliphatic rings. The van der Waals surface area contributed by atoms with Crippen molar-refractivity contribution in [2.45, 2.75) is 0 Å². The Balaban J connectivity index is 2.38. The predicted molar refractivity (Wildman–Crippen MR) is 70.7 cm³/mol. The minimum Gasteiger partial charge on any atom is -0.497 e. The summed E-state index contributed by atoms with van der Waals surface area (Å²) in [6.45, 7) is -0.573. The third kappa shape index (κ3) is 6.24. The number of rotatable bonds is 6. The Labute approximate surface area is 121 Å². The van der Waals surface area contributed by atoms with Crippen molar-refractivity contribution in [3.8, 4) is 11.5 Å². The van der Waals surface area contributed by atoms with Gasteiger partial charge in [0.05, 0.1) is 14.2 Å². The second-order valence-electron chi connectivity index (χ2n) is 3.61. The quantitative estimate of drug-likeness (QED) is 0.437. The highest BCUT2D eigenvalue weighted by Gasteiger charge is 2.08. The van der Waals surface area contributed by atoms with Crippen LogP contribution in [0, 0.1) is 0 Å². The van der Waals surface area contributed by atoms with Gasteiger partial charge in [-0.3, -0.25) is 0 Å². The average Bonchev–Trinajstić information content (AvgIpc) is 2.51. The van der Waals surface area contributed by atoms with Crippen molar-refractivity contribution in [2.75, 3.05) is 20.8 Å². The fraction of sp³-hybridized carbons (Fsp3) is 0.214. The monoisotopic (exact) mass is 294 g/mol. The van der Waals surface area contributed by atoms with Gasteiger partial charge >= 0.3 is 17.9 Å². The summed E-state index contributed by atoms with van der Waals surface area (Å²) in [5.41, 5.74) is 0. The molecule has 0 aliphatic carbocycles. The van der Waals surface area contributed by atoms with Crippen LogP contribution in [0.5, 0.6) is 11.5 Å². The van der Waals surface area contributed by atoms with Gasteiger partial charge in [-0.1, -0.05) is 0 Å². The molecule has 0 saturated heterocycles. The normalized spacial score (nSPS) is 10.0. The summed E-state index contributed by atoms with van der Waals surface area (Å²) in [7, 11) is 2.69. The van der Waals surface area contributed by atoms with E-state index in [9.17, 15) is 14.4 Å². The Morgan fingerprint density at radius 3 is 2.10 bits per heavy atom. The molecule has 1 aromatic rings. The molecule has 0 aromatic heterocycles. The number of hydrogen-bond donors (Lipinski definition) is 0. The summed E-state index contributed by atoms with van der Waals surface area (Å²) in [4.78, 5) is 33.3. The van der Waals surface area contributed by atoms with Crippen LogP contribution in [-0.2, 0) is 23.9 Å². The predicted octanol–water partition coefficient (Wildman–Crippen LogP) is 0.873. The zero-order valence-corrected chi connectivity index (χ0v) is 11.5. The number of benzene rings is 1. The van der Waals surface area contributed by atoms with Gasteiger partial charge < -0.3 is 18.9 Å². The van der Waals surface area contributed by atoms with Crippen molar-refractivity contribution >= 4 is 17.9 Å². The van der Waals surface area contributed by atoms with E-state index in [1.165, 1.54) is 26.4 Å². The fourth-order valence-corrected chi connectivity index (χ4v) is 1.19. The summed E-state index contributed by atoms with van der Waals surface area (Å²) < 4.78 is 18.7. The topological polar surface area (TPSA) is 88.1 Å². The lowest BCUT2D eigenvalue weighted by molar-refractivity contribution is -0.150. The number of ether oxygens (including phenoxy) is 4. The van der Waals surface area contributed by atoms with Gasteiger partial charge in [0.15, 0.2) is 6.61 Å². The first-order chi connectivity index (χ1) is 10.0. The summed E-state index contributed by atoms with van der Waals surface area (Å²) >= 11 is 0. The van der Waals surface area contributed by atoms with Crippen molar-refractivity contribution in [1.82, 2.24) is 0 Å². The minimum atomic E-state index is -0.855. The Hall–Kier alpha value is -2.83. The molecule has 0 bridgehead atoms. The van der Waals surface area contributed by atoms with E-state index in [4.69, 9.17) is 9.47 Å². The van der Waals surface area contributed by atoms with Crippen LogP contribution in [0.3, 0.4) is 0 Å². The summed E-state index contributed by atoms with van der Waals surface area (Å²) in [5.74, 6) is -1.39. The van der Waals surface area contributed by atoms with Crippen LogP contribution < -0.4 is 9.47 Å². The highest BCUT2D eigenvalue weighted by atomic mass is 16.6. The first kappa shape index (κ1) is 16.2. The van der Waals surface area contributed by atoms with Crippen molar-refractivity contribution < 1.29 is 33.3 Å². The van der Waals surface area contributed by atoms with E-state index in [0.29, 0.717) is 11.5 Å². The molecular formula is C14H14O7. The van der Waals surface area contributed by atoms with E-state index in [1.807, 2.05) is 0 Å². The lowest BCUT2D eigenvalue weighted by Gasteiger charge is -2.05. The molecule has 1 rings (SSSR count). The third-order valence-electron chi connectivity index (χ3n) is 2.18. The molecule has 7 heteroatoms. The number of methoxy groups -OCH3 is 2. The molecule has 112 valence electrons. The van der Waals surface area contributed by atoms with Gasteiger partial charge in [0.25, 0.3) is 0 Å². The van der Waals surface area contributed by atoms with Crippen LogP contribution in [-0.4, -0.2) is 38.7 Å².